The van der Waals surface area contributed by atoms with Crippen molar-refractivity contribution in [3.63, 3.8) is 0 Å². The van der Waals surface area contributed by atoms with Crippen molar-refractivity contribution in [2.24, 2.45) is 0 Å². The predicted molar refractivity (Wildman–Crippen MR) is 35.0 cm³/mol. The smallest absolute Gasteiger partial charge is 0.321 e. The van der Waals surface area contributed by atoms with Gasteiger partial charge in [-0.3, -0.25) is 4.57 Å². The van der Waals surface area contributed by atoms with Crippen LogP contribution in [-0.2, 0) is 13.8 Å². The van der Waals surface area contributed by atoms with Gasteiger partial charge in [0.1, 0.15) is 0 Å². The number of ether oxygens (including phenoxy) is 1. The molecule has 1 rings (SSSR count). The van der Waals surface area contributed by atoms with Crippen LogP contribution in [0.25, 0.3) is 0 Å². The number of epoxide rings is 1. The molecule has 1 aliphatic rings. The first-order valence-electron chi connectivity index (χ1n) is 3.07. The standard InChI is InChI=1S/C5H9F2O3P/c1-5(6,7)11(8,9-2)4-3-10-4/h4H,3H2,1-2H3. The minimum absolute atomic E-state index is 0.106. The van der Waals surface area contributed by atoms with E-state index in [4.69, 9.17) is 0 Å². The van der Waals surface area contributed by atoms with Crippen LogP contribution in [-0.4, -0.2) is 25.2 Å². The number of halogens is 2. The lowest BCUT2D eigenvalue weighted by molar-refractivity contribution is 0.0900. The number of rotatable bonds is 3. The Morgan fingerprint density at radius 2 is 2.18 bits per heavy atom. The Bertz CT molecular complexity index is 196. The highest BCUT2D eigenvalue weighted by Gasteiger charge is 2.57. The van der Waals surface area contributed by atoms with E-state index in [1.54, 1.807) is 0 Å². The van der Waals surface area contributed by atoms with Crippen LogP contribution in [0.15, 0.2) is 0 Å². The number of hydrogen-bond donors (Lipinski definition) is 0. The van der Waals surface area contributed by atoms with E-state index >= 15 is 0 Å². The summed E-state index contributed by atoms with van der Waals surface area (Å²) in [5, 5.41) is 0. The fourth-order valence-corrected chi connectivity index (χ4v) is 2.31. The average Bonchev–Trinajstić information content (AvgIpc) is 2.64. The van der Waals surface area contributed by atoms with Crippen LogP contribution in [0.3, 0.4) is 0 Å². The molecular weight excluding hydrogens is 177 g/mol. The van der Waals surface area contributed by atoms with Crippen LogP contribution in [0.5, 0.6) is 0 Å². The number of alkyl halides is 2. The Kier molecular flexibility index (Phi) is 2.07. The molecule has 2 unspecified atom stereocenters. The van der Waals surface area contributed by atoms with Gasteiger partial charge in [-0.1, -0.05) is 0 Å². The van der Waals surface area contributed by atoms with Crippen molar-refractivity contribution >= 4 is 7.37 Å². The Morgan fingerprint density at radius 3 is 2.27 bits per heavy atom. The van der Waals surface area contributed by atoms with Crippen molar-refractivity contribution in [1.29, 1.82) is 0 Å². The maximum Gasteiger partial charge on any atom is 0.321 e. The third-order valence-corrected chi connectivity index (χ3v) is 4.21. The van der Waals surface area contributed by atoms with Crippen molar-refractivity contribution in [3.05, 3.63) is 0 Å². The molecule has 1 fully saturated rings. The van der Waals surface area contributed by atoms with Gasteiger partial charge in [0.2, 0.25) is 0 Å². The van der Waals surface area contributed by atoms with Crippen LogP contribution in [0.1, 0.15) is 6.92 Å². The molecule has 1 heterocycles. The highest BCUT2D eigenvalue weighted by Crippen LogP contribution is 2.67. The van der Waals surface area contributed by atoms with E-state index in [1.807, 2.05) is 0 Å². The van der Waals surface area contributed by atoms with Crippen molar-refractivity contribution in [2.75, 3.05) is 13.7 Å². The summed E-state index contributed by atoms with van der Waals surface area (Å²) in [5.41, 5.74) is -3.30. The maximum absolute atomic E-state index is 12.6. The van der Waals surface area contributed by atoms with Crippen molar-refractivity contribution in [1.82, 2.24) is 0 Å². The van der Waals surface area contributed by atoms with E-state index in [1.165, 1.54) is 0 Å². The number of hydrogen-bond acceptors (Lipinski definition) is 3. The molecule has 6 heteroatoms. The van der Waals surface area contributed by atoms with Crippen LogP contribution >= 0.6 is 7.37 Å². The topological polar surface area (TPSA) is 38.8 Å². The molecule has 0 aliphatic carbocycles. The van der Waals surface area contributed by atoms with Gasteiger partial charge in [-0.05, 0) is 0 Å². The fraction of sp³-hybridized carbons (Fsp3) is 1.00. The molecule has 11 heavy (non-hydrogen) atoms. The van der Waals surface area contributed by atoms with Crippen molar-refractivity contribution in [2.45, 2.75) is 18.4 Å². The molecule has 0 saturated carbocycles. The lowest BCUT2D eigenvalue weighted by atomic mass is 10.8. The van der Waals surface area contributed by atoms with Crippen LogP contribution in [0.4, 0.5) is 8.78 Å². The lowest BCUT2D eigenvalue weighted by Crippen LogP contribution is -2.15. The van der Waals surface area contributed by atoms with Gasteiger partial charge in [0.15, 0.2) is 5.85 Å². The summed E-state index contributed by atoms with van der Waals surface area (Å²) < 4.78 is 45.3. The van der Waals surface area contributed by atoms with Gasteiger partial charge in [-0.2, -0.15) is 8.78 Å². The molecule has 66 valence electrons. The molecule has 0 N–H and O–H groups in total. The zero-order valence-corrected chi connectivity index (χ0v) is 7.11. The van der Waals surface area contributed by atoms with Gasteiger partial charge in [-0.25, -0.2) is 0 Å². The van der Waals surface area contributed by atoms with Crippen molar-refractivity contribution < 1.29 is 22.6 Å². The van der Waals surface area contributed by atoms with Crippen LogP contribution < -0.4 is 0 Å². The first kappa shape index (κ1) is 9.10. The highest BCUT2D eigenvalue weighted by molar-refractivity contribution is 7.61. The summed E-state index contributed by atoms with van der Waals surface area (Å²) in [7, 11) is -2.89. The van der Waals surface area contributed by atoms with Gasteiger partial charge in [-0.15, -0.1) is 0 Å². The lowest BCUT2D eigenvalue weighted by Gasteiger charge is -2.19. The third-order valence-electron chi connectivity index (χ3n) is 1.51. The Balaban J connectivity index is 2.83. The summed E-state index contributed by atoms with van der Waals surface area (Å²) in [6, 6.07) is 0. The van der Waals surface area contributed by atoms with Crippen molar-refractivity contribution in [3.8, 4) is 0 Å². The normalized spacial score (nSPS) is 29.6. The molecular formula is C5H9F2O3P. The monoisotopic (exact) mass is 186 g/mol. The van der Waals surface area contributed by atoms with Crippen LogP contribution in [0, 0.1) is 0 Å². The maximum atomic E-state index is 12.6. The molecule has 0 aromatic carbocycles. The van der Waals surface area contributed by atoms with E-state index in [0.29, 0.717) is 6.92 Å². The Hall–Kier alpha value is 0.01000. The highest BCUT2D eigenvalue weighted by atomic mass is 31.2. The molecule has 0 radical (unpaired) electrons. The zero-order chi connectivity index (χ0) is 8.70. The summed E-state index contributed by atoms with van der Waals surface area (Å²) in [5.74, 6) is -0.896. The fourth-order valence-electron chi connectivity index (χ4n) is 0.770. The van der Waals surface area contributed by atoms with Gasteiger partial charge in [0.25, 0.3) is 7.37 Å². The van der Waals surface area contributed by atoms with Gasteiger partial charge in [0.05, 0.1) is 6.61 Å². The van der Waals surface area contributed by atoms with E-state index in [-0.39, 0.29) is 6.61 Å². The van der Waals surface area contributed by atoms with Gasteiger partial charge >= 0.3 is 5.66 Å². The van der Waals surface area contributed by atoms with Crippen LogP contribution in [0.2, 0.25) is 0 Å². The molecule has 3 nitrogen and oxygen atoms in total. The first-order chi connectivity index (χ1) is 4.92. The Morgan fingerprint density at radius 1 is 1.73 bits per heavy atom. The van der Waals surface area contributed by atoms with E-state index < -0.39 is 18.9 Å². The zero-order valence-electron chi connectivity index (χ0n) is 6.21. The quantitative estimate of drug-likeness (QED) is 0.499. The van der Waals surface area contributed by atoms with Gasteiger partial charge in [0, 0.05) is 14.0 Å². The third kappa shape index (κ3) is 1.45. The van der Waals surface area contributed by atoms with E-state index in [0.717, 1.165) is 7.11 Å². The molecule has 1 saturated heterocycles. The molecule has 0 aromatic heterocycles. The second-order valence-corrected chi connectivity index (χ2v) is 5.33. The first-order valence-corrected chi connectivity index (χ1v) is 4.76. The summed E-state index contributed by atoms with van der Waals surface area (Å²) in [4.78, 5) is 0. The molecule has 0 amide bonds. The molecule has 0 bridgehead atoms. The van der Waals surface area contributed by atoms with E-state index in [2.05, 4.69) is 9.26 Å². The molecule has 1 aliphatic heterocycles. The average molecular weight is 186 g/mol. The van der Waals surface area contributed by atoms with E-state index in [9.17, 15) is 13.3 Å². The Labute approximate surface area is 63.1 Å². The summed E-state index contributed by atoms with van der Waals surface area (Å²) in [6.45, 7) is 0.688. The summed E-state index contributed by atoms with van der Waals surface area (Å²) >= 11 is 0. The summed E-state index contributed by atoms with van der Waals surface area (Å²) in [6.07, 6.45) is 0. The minimum atomic E-state index is -3.90. The minimum Gasteiger partial charge on any atom is -0.362 e. The second-order valence-electron chi connectivity index (χ2n) is 2.41. The predicted octanol–water partition coefficient (Wildman–Crippen LogP) is 1.88. The SMILES string of the molecule is COP(=O)(C1CO1)C(C)(F)F. The molecule has 0 spiro atoms. The molecule has 0 aromatic rings. The largest absolute Gasteiger partial charge is 0.362 e. The van der Waals surface area contributed by atoms with Gasteiger partial charge < -0.3 is 9.26 Å². The molecule has 2 atom stereocenters. The second kappa shape index (κ2) is 2.51.